The number of halogens is 3. The molecule has 0 aromatic carbocycles. The van der Waals surface area contributed by atoms with E-state index in [4.69, 9.17) is 34.8 Å². The van der Waals surface area contributed by atoms with Crippen LogP contribution in [0.1, 0.15) is 0 Å². The molecule has 78 valence electrons. The molecule has 0 aliphatic rings. The van der Waals surface area contributed by atoms with Gasteiger partial charge in [0.05, 0.1) is 0 Å². The van der Waals surface area contributed by atoms with Crippen LogP contribution in [0.3, 0.4) is 0 Å². The smallest absolute Gasteiger partial charge is 0.414 e. The molecule has 1 aromatic heterocycles. The van der Waals surface area contributed by atoms with Gasteiger partial charge in [0.25, 0.3) is 0 Å². The Bertz CT molecular complexity index is 296. The second-order valence-electron chi connectivity index (χ2n) is 2.25. The van der Waals surface area contributed by atoms with Crippen molar-refractivity contribution in [2.75, 3.05) is 11.9 Å². The largest absolute Gasteiger partial charge is 0.445 e. The van der Waals surface area contributed by atoms with Crippen molar-refractivity contribution in [1.82, 2.24) is 9.97 Å². The molecular formula is C6H6Cl3N3O2. The number of carbonyl (C=O) groups excluding carboxylic acids is 1. The van der Waals surface area contributed by atoms with E-state index in [-0.39, 0.29) is 12.6 Å². The zero-order chi connectivity index (χ0) is 10.6. The molecule has 5 nitrogen and oxygen atoms in total. The molecule has 0 saturated carbocycles. The van der Waals surface area contributed by atoms with Gasteiger partial charge in [-0.3, -0.25) is 5.32 Å². The van der Waals surface area contributed by atoms with Crippen molar-refractivity contribution in [3.05, 3.63) is 12.4 Å². The summed E-state index contributed by atoms with van der Waals surface area (Å²) in [5, 5.41) is 2.29. The van der Waals surface area contributed by atoms with Crippen LogP contribution in [0.15, 0.2) is 12.4 Å². The third-order valence-electron chi connectivity index (χ3n) is 1.09. The Balaban J connectivity index is 2.30. The summed E-state index contributed by atoms with van der Waals surface area (Å²) in [5.74, 6) is 0.263. The second kappa shape index (κ2) is 4.72. The highest BCUT2D eigenvalue weighted by atomic mass is 35.6. The van der Waals surface area contributed by atoms with Crippen LogP contribution < -0.4 is 5.32 Å². The van der Waals surface area contributed by atoms with E-state index in [0.29, 0.717) is 0 Å². The number of hydrogen-bond donors (Lipinski definition) is 2. The molecule has 0 aliphatic heterocycles. The zero-order valence-electron chi connectivity index (χ0n) is 6.76. The van der Waals surface area contributed by atoms with Crippen molar-refractivity contribution in [2.45, 2.75) is 3.79 Å². The molecule has 0 saturated heterocycles. The first-order chi connectivity index (χ1) is 6.47. The third kappa shape index (κ3) is 4.55. The Morgan fingerprint density at radius 1 is 1.64 bits per heavy atom. The SMILES string of the molecule is O=C(Nc1ncc[nH]1)OCC(Cl)(Cl)Cl. The van der Waals surface area contributed by atoms with Gasteiger partial charge in [-0.2, -0.15) is 0 Å². The number of amides is 1. The molecule has 1 amide bonds. The lowest BCUT2D eigenvalue weighted by Crippen LogP contribution is -2.21. The number of aromatic amines is 1. The number of hydrogen-bond acceptors (Lipinski definition) is 3. The van der Waals surface area contributed by atoms with Crippen LogP contribution in [0, 0.1) is 0 Å². The summed E-state index contributed by atoms with van der Waals surface area (Å²) in [5.41, 5.74) is 0. The van der Waals surface area contributed by atoms with Gasteiger partial charge in [-0.15, -0.1) is 0 Å². The highest BCUT2D eigenvalue weighted by Crippen LogP contribution is 2.25. The molecule has 2 N–H and O–H groups in total. The first kappa shape index (κ1) is 11.4. The van der Waals surface area contributed by atoms with E-state index in [1.807, 2.05) is 0 Å². The van der Waals surface area contributed by atoms with Crippen LogP contribution in [0.5, 0.6) is 0 Å². The molecule has 0 radical (unpaired) electrons. The molecular weight excluding hydrogens is 252 g/mol. The first-order valence-corrected chi connectivity index (χ1v) is 4.61. The summed E-state index contributed by atoms with van der Waals surface area (Å²) in [6.45, 7) is -0.329. The predicted octanol–water partition coefficient (Wildman–Crippen LogP) is 2.33. The highest BCUT2D eigenvalue weighted by Gasteiger charge is 2.22. The van der Waals surface area contributed by atoms with Crippen LogP contribution in [-0.2, 0) is 4.74 Å². The Kier molecular flexibility index (Phi) is 3.86. The minimum Gasteiger partial charge on any atom is -0.445 e. The summed E-state index contributed by atoms with van der Waals surface area (Å²) in [6, 6.07) is 0. The van der Waals surface area contributed by atoms with E-state index in [2.05, 4.69) is 20.0 Å². The number of H-pyrrole nitrogens is 1. The summed E-state index contributed by atoms with van der Waals surface area (Å²) >= 11 is 16.1. The lowest BCUT2D eigenvalue weighted by molar-refractivity contribution is 0.163. The number of imidazole rings is 1. The van der Waals surface area contributed by atoms with Crippen LogP contribution in [0.4, 0.5) is 10.7 Å². The average Bonchev–Trinajstić information content (AvgIpc) is 2.52. The number of anilines is 1. The maximum Gasteiger partial charge on any atom is 0.414 e. The van der Waals surface area contributed by atoms with Gasteiger partial charge in [0.15, 0.2) is 0 Å². The van der Waals surface area contributed by atoms with Crippen LogP contribution >= 0.6 is 34.8 Å². The van der Waals surface area contributed by atoms with Crippen LogP contribution in [0.25, 0.3) is 0 Å². The number of ether oxygens (including phenoxy) is 1. The van der Waals surface area contributed by atoms with Gasteiger partial charge in [-0.25, -0.2) is 9.78 Å². The molecule has 14 heavy (non-hydrogen) atoms. The van der Waals surface area contributed by atoms with Crippen LogP contribution in [0.2, 0.25) is 0 Å². The van der Waals surface area contributed by atoms with E-state index in [1.165, 1.54) is 6.20 Å². The molecule has 0 spiro atoms. The molecule has 1 aromatic rings. The number of aromatic nitrogens is 2. The van der Waals surface area contributed by atoms with Crippen LogP contribution in [-0.4, -0.2) is 26.5 Å². The minimum atomic E-state index is -1.61. The summed E-state index contributed by atoms with van der Waals surface area (Å²) in [7, 11) is 0. The van der Waals surface area contributed by atoms with Gasteiger partial charge in [0, 0.05) is 12.4 Å². The molecule has 0 unspecified atom stereocenters. The summed E-state index contributed by atoms with van der Waals surface area (Å²) in [6.07, 6.45) is 2.28. The number of rotatable bonds is 2. The van der Waals surface area contributed by atoms with Gasteiger partial charge in [-0.1, -0.05) is 34.8 Å². The molecule has 1 rings (SSSR count). The normalized spacial score (nSPS) is 11.1. The molecule has 0 fully saturated rings. The fourth-order valence-electron chi connectivity index (χ4n) is 0.614. The number of nitrogens with zero attached hydrogens (tertiary/aromatic N) is 1. The topological polar surface area (TPSA) is 67.0 Å². The van der Waals surface area contributed by atoms with Crippen molar-refractivity contribution >= 4 is 46.8 Å². The fourth-order valence-corrected chi connectivity index (χ4v) is 0.777. The first-order valence-electron chi connectivity index (χ1n) is 3.47. The van der Waals surface area contributed by atoms with Crippen molar-refractivity contribution < 1.29 is 9.53 Å². The van der Waals surface area contributed by atoms with E-state index < -0.39 is 9.89 Å². The van der Waals surface area contributed by atoms with E-state index in [9.17, 15) is 4.79 Å². The second-order valence-corrected chi connectivity index (χ2v) is 4.77. The molecule has 1 heterocycles. The number of nitrogens with one attached hydrogen (secondary N) is 2. The molecule has 8 heteroatoms. The third-order valence-corrected chi connectivity index (χ3v) is 1.41. The van der Waals surface area contributed by atoms with Gasteiger partial charge < -0.3 is 9.72 Å². The Hall–Kier alpha value is -0.650. The van der Waals surface area contributed by atoms with E-state index in [0.717, 1.165) is 0 Å². The van der Waals surface area contributed by atoms with Gasteiger partial charge in [-0.05, 0) is 0 Å². The van der Waals surface area contributed by atoms with Crippen molar-refractivity contribution in [3.8, 4) is 0 Å². The van der Waals surface area contributed by atoms with Gasteiger partial charge in [0.1, 0.15) is 6.61 Å². The van der Waals surface area contributed by atoms with Crippen molar-refractivity contribution in [3.63, 3.8) is 0 Å². The molecule has 0 aliphatic carbocycles. The summed E-state index contributed by atoms with van der Waals surface area (Å²) < 4.78 is 2.96. The highest BCUT2D eigenvalue weighted by molar-refractivity contribution is 6.67. The fraction of sp³-hybridized carbons (Fsp3) is 0.333. The van der Waals surface area contributed by atoms with Gasteiger partial charge in [0.2, 0.25) is 9.74 Å². The van der Waals surface area contributed by atoms with Crippen molar-refractivity contribution in [1.29, 1.82) is 0 Å². The van der Waals surface area contributed by atoms with Crippen molar-refractivity contribution in [2.24, 2.45) is 0 Å². The Labute approximate surface area is 94.7 Å². The summed E-state index contributed by atoms with van der Waals surface area (Å²) in [4.78, 5) is 17.4. The number of alkyl halides is 3. The van der Waals surface area contributed by atoms with Gasteiger partial charge >= 0.3 is 6.09 Å². The Morgan fingerprint density at radius 2 is 2.36 bits per heavy atom. The zero-order valence-corrected chi connectivity index (χ0v) is 9.03. The minimum absolute atomic E-state index is 0.263. The lowest BCUT2D eigenvalue weighted by atomic mass is 10.8. The maximum atomic E-state index is 11.0. The quantitative estimate of drug-likeness (QED) is 0.800. The lowest BCUT2D eigenvalue weighted by Gasteiger charge is -2.10. The average molecular weight is 258 g/mol. The van der Waals surface area contributed by atoms with E-state index >= 15 is 0 Å². The Morgan fingerprint density at radius 3 is 2.86 bits per heavy atom. The maximum absolute atomic E-state index is 11.0. The monoisotopic (exact) mass is 257 g/mol. The molecule has 0 bridgehead atoms. The standard InChI is InChI=1S/C6H6Cl3N3O2/c7-6(8,9)3-14-5(13)12-4-10-1-2-11-4/h1-2H,3H2,(H2,10,11,12,13). The number of carbonyl (C=O) groups is 1. The predicted molar refractivity (Wildman–Crippen MR) is 53.8 cm³/mol. The molecule has 0 atom stereocenters. The van der Waals surface area contributed by atoms with E-state index in [1.54, 1.807) is 6.20 Å².